The number of aromatic nitrogens is 2. The minimum atomic E-state index is 0.347. The Balaban J connectivity index is 1.78. The van der Waals surface area contributed by atoms with E-state index >= 15 is 0 Å². The highest BCUT2D eigenvalue weighted by molar-refractivity contribution is 5.64. The lowest BCUT2D eigenvalue weighted by Gasteiger charge is -2.15. The van der Waals surface area contributed by atoms with Crippen LogP contribution in [0.3, 0.4) is 0 Å². The first-order valence-corrected chi connectivity index (χ1v) is 9.76. The SMILES string of the molecule is CCC(C)Nc1cc(-c2ccccc2)nc(NCCc2ccccc2OC)n1. The molecule has 0 bridgehead atoms. The van der Waals surface area contributed by atoms with E-state index in [4.69, 9.17) is 9.72 Å². The molecule has 28 heavy (non-hydrogen) atoms. The average Bonchev–Trinajstić information content (AvgIpc) is 2.74. The number of anilines is 2. The number of methoxy groups -OCH3 is 1. The van der Waals surface area contributed by atoms with Crippen LogP contribution in [0.15, 0.2) is 60.7 Å². The number of nitrogens with zero attached hydrogens (tertiary/aromatic N) is 2. The lowest BCUT2D eigenvalue weighted by molar-refractivity contribution is 0.410. The van der Waals surface area contributed by atoms with Gasteiger partial charge in [-0.3, -0.25) is 0 Å². The van der Waals surface area contributed by atoms with Gasteiger partial charge in [-0.2, -0.15) is 4.98 Å². The van der Waals surface area contributed by atoms with Crippen LogP contribution in [0, 0.1) is 0 Å². The van der Waals surface area contributed by atoms with Gasteiger partial charge in [0.25, 0.3) is 0 Å². The largest absolute Gasteiger partial charge is 0.496 e. The fourth-order valence-corrected chi connectivity index (χ4v) is 2.93. The van der Waals surface area contributed by atoms with E-state index in [-0.39, 0.29) is 0 Å². The van der Waals surface area contributed by atoms with Crippen molar-refractivity contribution in [3.8, 4) is 17.0 Å². The van der Waals surface area contributed by atoms with Gasteiger partial charge in [-0.15, -0.1) is 0 Å². The van der Waals surface area contributed by atoms with Crippen molar-refractivity contribution >= 4 is 11.8 Å². The molecule has 0 saturated heterocycles. The summed E-state index contributed by atoms with van der Waals surface area (Å²) in [5.41, 5.74) is 3.14. The van der Waals surface area contributed by atoms with E-state index in [1.807, 2.05) is 42.5 Å². The number of rotatable bonds is 9. The molecule has 0 saturated carbocycles. The van der Waals surface area contributed by atoms with Crippen LogP contribution in [-0.4, -0.2) is 29.7 Å². The second-order valence-corrected chi connectivity index (χ2v) is 6.77. The Kier molecular flexibility index (Phi) is 6.84. The first-order chi connectivity index (χ1) is 13.7. The number of ether oxygens (including phenoxy) is 1. The molecule has 0 radical (unpaired) electrons. The van der Waals surface area contributed by atoms with Crippen LogP contribution >= 0.6 is 0 Å². The van der Waals surface area contributed by atoms with Gasteiger partial charge >= 0.3 is 0 Å². The highest BCUT2D eigenvalue weighted by atomic mass is 16.5. The van der Waals surface area contributed by atoms with Gasteiger partial charge in [-0.05, 0) is 31.4 Å². The zero-order valence-electron chi connectivity index (χ0n) is 16.8. The van der Waals surface area contributed by atoms with Crippen LogP contribution in [0.4, 0.5) is 11.8 Å². The van der Waals surface area contributed by atoms with E-state index in [9.17, 15) is 0 Å². The van der Waals surface area contributed by atoms with Crippen molar-refractivity contribution in [2.75, 3.05) is 24.3 Å². The zero-order chi connectivity index (χ0) is 19.8. The summed E-state index contributed by atoms with van der Waals surface area (Å²) in [6.45, 7) is 5.03. The van der Waals surface area contributed by atoms with Gasteiger partial charge in [0, 0.05) is 24.2 Å². The monoisotopic (exact) mass is 376 g/mol. The highest BCUT2D eigenvalue weighted by Crippen LogP contribution is 2.22. The van der Waals surface area contributed by atoms with Gasteiger partial charge < -0.3 is 15.4 Å². The summed E-state index contributed by atoms with van der Waals surface area (Å²) in [5.74, 6) is 2.37. The quantitative estimate of drug-likeness (QED) is 0.549. The first kappa shape index (κ1) is 19.7. The molecule has 1 heterocycles. The molecule has 0 aliphatic carbocycles. The van der Waals surface area contributed by atoms with E-state index in [1.54, 1.807) is 7.11 Å². The summed E-state index contributed by atoms with van der Waals surface area (Å²) < 4.78 is 5.43. The second-order valence-electron chi connectivity index (χ2n) is 6.77. The fourth-order valence-electron chi connectivity index (χ4n) is 2.93. The number of hydrogen-bond acceptors (Lipinski definition) is 5. The Morgan fingerprint density at radius 1 is 1.00 bits per heavy atom. The zero-order valence-corrected chi connectivity index (χ0v) is 16.8. The summed E-state index contributed by atoms with van der Waals surface area (Å²) in [6.07, 6.45) is 1.86. The molecule has 5 heteroatoms. The van der Waals surface area contributed by atoms with Crippen molar-refractivity contribution in [2.45, 2.75) is 32.7 Å². The van der Waals surface area contributed by atoms with Gasteiger partial charge in [0.05, 0.1) is 12.8 Å². The lowest BCUT2D eigenvalue weighted by Crippen LogP contribution is -2.16. The Labute approximate surface area is 167 Å². The van der Waals surface area contributed by atoms with Crippen molar-refractivity contribution in [3.63, 3.8) is 0 Å². The third-order valence-corrected chi connectivity index (χ3v) is 4.67. The molecule has 0 fully saturated rings. The van der Waals surface area contributed by atoms with Gasteiger partial charge in [0.15, 0.2) is 0 Å². The van der Waals surface area contributed by atoms with Crippen LogP contribution in [0.2, 0.25) is 0 Å². The Morgan fingerprint density at radius 2 is 1.75 bits per heavy atom. The number of benzene rings is 2. The summed E-state index contributed by atoms with van der Waals surface area (Å²) >= 11 is 0. The number of para-hydroxylation sites is 1. The minimum absolute atomic E-state index is 0.347. The van der Waals surface area contributed by atoms with Gasteiger partial charge in [0.1, 0.15) is 11.6 Å². The Morgan fingerprint density at radius 3 is 2.50 bits per heavy atom. The standard InChI is InChI=1S/C23H28N4O/c1-4-17(2)25-22-16-20(18-10-6-5-7-11-18)26-23(27-22)24-15-14-19-12-8-9-13-21(19)28-3/h5-13,16-17H,4,14-15H2,1-3H3,(H2,24,25,26,27). The molecule has 1 aromatic heterocycles. The molecular weight excluding hydrogens is 348 g/mol. The molecule has 0 spiro atoms. The van der Waals surface area contributed by atoms with Crippen molar-refractivity contribution in [1.29, 1.82) is 0 Å². The summed E-state index contributed by atoms with van der Waals surface area (Å²) in [7, 11) is 1.70. The van der Waals surface area contributed by atoms with E-state index in [0.29, 0.717) is 12.0 Å². The van der Waals surface area contributed by atoms with Crippen molar-refractivity contribution < 1.29 is 4.74 Å². The van der Waals surface area contributed by atoms with Crippen molar-refractivity contribution in [2.24, 2.45) is 0 Å². The van der Waals surface area contributed by atoms with Gasteiger partial charge in [0.2, 0.25) is 5.95 Å². The van der Waals surface area contributed by atoms with E-state index < -0.39 is 0 Å². The summed E-state index contributed by atoms with van der Waals surface area (Å²) in [5, 5.41) is 6.83. The topological polar surface area (TPSA) is 59.1 Å². The molecule has 3 rings (SSSR count). The normalized spacial score (nSPS) is 11.7. The summed E-state index contributed by atoms with van der Waals surface area (Å²) in [4.78, 5) is 9.37. The molecule has 146 valence electrons. The molecule has 2 N–H and O–H groups in total. The molecule has 0 amide bonds. The van der Waals surface area contributed by atoms with Crippen LogP contribution in [0.25, 0.3) is 11.3 Å². The highest BCUT2D eigenvalue weighted by Gasteiger charge is 2.09. The first-order valence-electron chi connectivity index (χ1n) is 9.76. The van der Waals surface area contributed by atoms with Crippen molar-refractivity contribution in [1.82, 2.24) is 9.97 Å². The molecule has 3 aromatic rings. The number of nitrogens with one attached hydrogen (secondary N) is 2. The molecule has 2 aromatic carbocycles. The van der Waals surface area contributed by atoms with E-state index in [2.05, 4.69) is 47.7 Å². The molecular formula is C23H28N4O. The lowest BCUT2D eigenvalue weighted by atomic mass is 10.1. The van der Waals surface area contributed by atoms with Gasteiger partial charge in [-0.25, -0.2) is 4.98 Å². The molecule has 0 aliphatic rings. The molecule has 0 aliphatic heterocycles. The molecule has 1 atom stereocenters. The maximum absolute atomic E-state index is 5.43. The van der Waals surface area contributed by atoms with Crippen molar-refractivity contribution in [3.05, 3.63) is 66.2 Å². The summed E-state index contributed by atoms with van der Waals surface area (Å²) in [6, 6.07) is 20.6. The number of hydrogen-bond donors (Lipinski definition) is 2. The van der Waals surface area contributed by atoms with Gasteiger partial charge in [-0.1, -0.05) is 55.5 Å². The maximum atomic E-state index is 5.43. The van der Waals surface area contributed by atoms with Crippen LogP contribution in [0.1, 0.15) is 25.8 Å². The van der Waals surface area contributed by atoms with E-state index in [0.717, 1.165) is 47.8 Å². The molecule has 1 unspecified atom stereocenters. The Bertz CT molecular complexity index is 883. The van der Waals surface area contributed by atoms with E-state index in [1.165, 1.54) is 0 Å². The Hall–Kier alpha value is -3.08. The maximum Gasteiger partial charge on any atom is 0.225 e. The second kappa shape index (κ2) is 9.74. The predicted octanol–water partition coefficient (Wildman–Crippen LogP) is 5.02. The smallest absolute Gasteiger partial charge is 0.225 e. The minimum Gasteiger partial charge on any atom is -0.496 e. The average molecular weight is 377 g/mol. The fraction of sp³-hybridized carbons (Fsp3) is 0.304. The predicted molar refractivity (Wildman–Crippen MR) is 116 cm³/mol. The van der Waals surface area contributed by atoms with Crippen LogP contribution < -0.4 is 15.4 Å². The van der Waals surface area contributed by atoms with Crippen LogP contribution in [0.5, 0.6) is 5.75 Å². The third-order valence-electron chi connectivity index (χ3n) is 4.67. The van der Waals surface area contributed by atoms with Crippen LogP contribution in [-0.2, 0) is 6.42 Å². The third kappa shape index (κ3) is 5.22. The molecule has 5 nitrogen and oxygen atoms in total.